The van der Waals surface area contributed by atoms with Crippen molar-refractivity contribution in [2.24, 2.45) is 11.8 Å². The number of nitrogens with zero attached hydrogens (tertiary/aromatic N) is 2. The third kappa shape index (κ3) is 4.21. The Labute approximate surface area is 125 Å². The Morgan fingerprint density at radius 1 is 0.500 bits per heavy atom. The van der Waals surface area contributed by atoms with Crippen LogP contribution in [-0.4, -0.2) is 49.1 Å². The second-order valence-corrected chi connectivity index (χ2v) is 7.53. The minimum Gasteiger partial charge on any atom is -0.303 e. The van der Waals surface area contributed by atoms with E-state index in [-0.39, 0.29) is 0 Å². The van der Waals surface area contributed by atoms with Crippen LogP contribution >= 0.6 is 0 Å². The van der Waals surface area contributed by atoms with Gasteiger partial charge in [-0.2, -0.15) is 0 Å². The fourth-order valence-corrected chi connectivity index (χ4v) is 4.71. The van der Waals surface area contributed by atoms with Crippen molar-refractivity contribution in [1.82, 2.24) is 9.80 Å². The molecule has 0 bridgehead atoms. The minimum absolute atomic E-state index is 1.00. The summed E-state index contributed by atoms with van der Waals surface area (Å²) < 4.78 is 0. The van der Waals surface area contributed by atoms with E-state index in [9.17, 15) is 0 Å². The topological polar surface area (TPSA) is 6.48 Å². The molecular formula is C18H34N2. The molecule has 3 aliphatic rings. The molecule has 1 saturated carbocycles. The fraction of sp³-hybridized carbons (Fsp3) is 1.00. The van der Waals surface area contributed by atoms with Gasteiger partial charge in [0.2, 0.25) is 0 Å². The van der Waals surface area contributed by atoms with E-state index in [1.807, 2.05) is 0 Å². The molecule has 0 aromatic heterocycles. The van der Waals surface area contributed by atoms with Crippen LogP contribution in [0.4, 0.5) is 0 Å². The quantitative estimate of drug-likeness (QED) is 0.772. The van der Waals surface area contributed by atoms with Crippen molar-refractivity contribution in [3.63, 3.8) is 0 Å². The molecular weight excluding hydrogens is 244 g/mol. The Bertz CT molecular complexity index is 239. The summed E-state index contributed by atoms with van der Waals surface area (Å²) in [6.45, 7) is 8.36. The Kier molecular flexibility index (Phi) is 5.78. The Morgan fingerprint density at radius 3 is 1.30 bits per heavy atom. The van der Waals surface area contributed by atoms with E-state index in [1.165, 1.54) is 103 Å². The summed E-state index contributed by atoms with van der Waals surface area (Å²) in [6.07, 6.45) is 14.7. The highest BCUT2D eigenvalue weighted by Gasteiger charge is 2.29. The average molecular weight is 278 g/mol. The highest BCUT2D eigenvalue weighted by atomic mass is 15.1. The molecule has 2 atom stereocenters. The molecule has 2 nitrogen and oxygen atoms in total. The van der Waals surface area contributed by atoms with E-state index in [1.54, 1.807) is 0 Å². The van der Waals surface area contributed by atoms with Gasteiger partial charge < -0.3 is 9.80 Å². The van der Waals surface area contributed by atoms with Gasteiger partial charge in [0.15, 0.2) is 0 Å². The molecule has 2 heteroatoms. The molecule has 0 unspecified atom stereocenters. The Hall–Kier alpha value is -0.0800. The molecule has 1 aliphatic carbocycles. The van der Waals surface area contributed by atoms with E-state index in [2.05, 4.69) is 9.80 Å². The van der Waals surface area contributed by atoms with Gasteiger partial charge >= 0.3 is 0 Å². The van der Waals surface area contributed by atoms with Gasteiger partial charge in [-0.3, -0.25) is 0 Å². The van der Waals surface area contributed by atoms with Gasteiger partial charge in [0.25, 0.3) is 0 Å². The van der Waals surface area contributed by atoms with Gasteiger partial charge in [0, 0.05) is 13.1 Å². The number of rotatable bonds is 4. The van der Waals surface area contributed by atoms with Crippen LogP contribution in [0.5, 0.6) is 0 Å². The lowest BCUT2D eigenvalue weighted by molar-refractivity contribution is 0.0963. The van der Waals surface area contributed by atoms with Crippen LogP contribution < -0.4 is 0 Å². The molecule has 0 aromatic rings. The molecule has 116 valence electrons. The third-order valence-electron chi connectivity index (χ3n) is 5.95. The number of likely N-dealkylation sites (tertiary alicyclic amines) is 2. The highest BCUT2D eigenvalue weighted by Crippen LogP contribution is 2.32. The van der Waals surface area contributed by atoms with E-state index in [4.69, 9.17) is 0 Å². The van der Waals surface area contributed by atoms with Crippen LogP contribution in [0.15, 0.2) is 0 Å². The minimum atomic E-state index is 1.00. The zero-order chi connectivity index (χ0) is 13.6. The van der Waals surface area contributed by atoms with Crippen molar-refractivity contribution in [1.29, 1.82) is 0 Å². The molecule has 3 rings (SSSR count). The van der Waals surface area contributed by atoms with Gasteiger partial charge in [-0.25, -0.2) is 0 Å². The average Bonchev–Trinajstić information content (AvgIpc) is 2.51. The number of piperidine rings is 2. The molecule has 20 heavy (non-hydrogen) atoms. The second kappa shape index (κ2) is 7.79. The smallest absolute Gasteiger partial charge is 0.00128 e. The van der Waals surface area contributed by atoms with Crippen molar-refractivity contribution in [3.8, 4) is 0 Å². The Balaban J connectivity index is 1.49. The van der Waals surface area contributed by atoms with Crippen LogP contribution in [0.2, 0.25) is 0 Å². The predicted octanol–water partition coefficient (Wildman–Crippen LogP) is 3.76. The monoisotopic (exact) mass is 278 g/mol. The zero-order valence-corrected chi connectivity index (χ0v) is 13.4. The maximum Gasteiger partial charge on any atom is 0.00128 e. The van der Waals surface area contributed by atoms with Crippen molar-refractivity contribution < 1.29 is 0 Å². The van der Waals surface area contributed by atoms with E-state index in [0.717, 1.165) is 11.8 Å². The maximum atomic E-state index is 2.78. The van der Waals surface area contributed by atoms with Gasteiger partial charge in [0.05, 0.1) is 0 Å². The van der Waals surface area contributed by atoms with E-state index >= 15 is 0 Å². The number of hydrogen-bond acceptors (Lipinski definition) is 2. The highest BCUT2D eigenvalue weighted by molar-refractivity contribution is 4.82. The largest absolute Gasteiger partial charge is 0.303 e. The molecule has 2 heterocycles. The van der Waals surface area contributed by atoms with Crippen molar-refractivity contribution in [2.75, 3.05) is 39.3 Å². The fourth-order valence-electron chi connectivity index (χ4n) is 4.71. The summed E-state index contributed by atoms with van der Waals surface area (Å²) in [5.74, 6) is 2.01. The third-order valence-corrected chi connectivity index (χ3v) is 5.95. The summed E-state index contributed by atoms with van der Waals surface area (Å²) in [6, 6.07) is 0. The maximum absolute atomic E-state index is 2.78. The number of hydrogen-bond donors (Lipinski definition) is 0. The standard InChI is InChI=1S/C18H34N2/c1-5-11-19(12-6-1)15-17-9-3-4-10-18(17)16-20-13-7-2-8-14-20/h17-18H,1-16H2/t17-,18-/m0/s1. The summed E-state index contributed by atoms with van der Waals surface area (Å²) in [5, 5.41) is 0. The summed E-state index contributed by atoms with van der Waals surface area (Å²) in [7, 11) is 0. The first-order valence-electron chi connectivity index (χ1n) is 9.36. The molecule has 2 saturated heterocycles. The lowest BCUT2D eigenvalue weighted by Crippen LogP contribution is -2.42. The lowest BCUT2D eigenvalue weighted by atomic mass is 9.78. The zero-order valence-electron chi connectivity index (χ0n) is 13.4. The SMILES string of the molecule is C1CCN(C[C@@H]2CCCC[C@H]2CN2CCCCC2)CC1. The molecule has 0 N–H and O–H groups in total. The molecule has 0 radical (unpaired) electrons. The lowest BCUT2D eigenvalue weighted by Gasteiger charge is -2.40. The first kappa shape index (κ1) is 14.8. The van der Waals surface area contributed by atoms with Crippen molar-refractivity contribution in [2.45, 2.75) is 64.2 Å². The summed E-state index contributed by atoms with van der Waals surface area (Å²) in [4.78, 5) is 5.56. The molecule has 0 aromatic carbocycles. The van der Waals surface area contributed by atoms with Crippen LogP contribution in [0.1, 0.15) is 64.2 Å². The second-order valence-electron chi connectivity index (χ2n) is 7.53. The van der Waals surface area contributed by atoms with Gasteiger partial charge in [0.1, 0.15) is 0 Å². The van der Waals surface area contributed by atoms with Gasteiger partial charge in [-0.1, -0.05) is 25.7 Å². The first-order valence-corrected chi connectivity index (χ1v) is 9.36. The molecule has 0 spiro atoms. The van der Waals surface area contributed by atoms with E-state index < -0.39 is 0 Å². The summed E-state index contributed by atoms with van der Waals surface area (Å²) in [5.41, 5.74) is 0. The molecule has 2 aliphatic heterocycles. The Morgan fingerprint density at radius 2 is 0.900 bits per heavy atom. The summed E-state index contributed by atoms with van der Waals surface area (Å²) >= 11 is 0. The van der Waals surface area contributed by atoms with Crippen LogP contribution in [0, 0.1) is 11.8 Å². The van der Waals surface area contributed by atoms with Crippen LogP contribution in [0.25, 0.3) is 0 Å². The van der Waals surface area contributed by atoms with Gasteiger partial charge in [-0.05, 0) is 76.5 Å². The molecule has 3 fully saturated rings. The predicted molar refractivity (Wildman–Crippen MR) is 86.0 cm³/mol. The normalized spacial score (nSPS) is 34.2. The van der Waals surface area contributed by atoms with Crippen molar-refractivity contribution >= 4 is 0 Å². The molecule has 0 amide bonds. The van der Waals surface area contributed by atoms with E-state index in [0.29, 0.717) is 0 Å². The first-order chi connectivity index (χ1) is 9.92. The van der Waals surface area contributed by atoms with Crippen LogP contribution in [0.3, 0.4) is 0 Å². The van der Waals surface area contributed by atoms with Crippen molar-refractivity contribution in [3.05, 3.63) is 0 Å². The van der Waals surface area contributed by atoms with Crippen LogP contribution in [-0.2, 0) is 0 Å². The van der Waals surface area contributed by atoms with Gasteiger partial charge in [-0.15, -0.1) is 0 Å².